The molecule has 0 unspecified atom stereocenters. The molecule has 6 heteroatoms. The molecule has 0 radical (unpaired) electrons. The van der Waals surface area contributed by atoms with Crippen molar-refractivity contribution in [2.24, 2.45) is 0 Å². The van der Waals surface area contributed by atoms with Crippen LogP contribution in [0.15, 0.2) is 36.5 Å². The van der Waals surface area contributed by atoms with Crippen LogP contribution in [0.1, 0.15) is 29.8 Å². The molecule has 0 amide bonds. The minimum atomic E-state index is -0.495. The first-order valence-electron chi connectivity index (χ1n) is 7.75. The van der Waals surface area contributed by atoms with Crippen molar-refractivity contribution in [3.05, 3.63) is 42.2 Å². The van der Waals surface area contributed by atoms with Crippen LogP contribution in [0.25, 0.3) is 5.69 Å². The fourth-order valence-electron chi connectivity index (χ4n) is 2.54. The lowest BCUT2D eigenvalue weighted by Crippen LogP contribution is -2.26. The number of hydrogen-bond donors (Lipinski definition) is 0. The summed E-state index contributed by atoms with van der Waals surface area (Å²) in [7, 11) is 1.51. The predicted molar refractivity (Wildman–Crippen MR) is 84.0 cm³/mol. The number of methoxy groups -OCH3 is 1. The van der Waals surface area contributed by atoms with Gasteiger partial charge in [0, 0.05) is 6.61 Å². The molecule has 1 fully saturated rings. The molecule has 122 valence electrons. The molecular formula is C17H20N2O4. The Bertz CT molecular complexity index is 648. The minimum Gasteiger partial charge on any atom is -0.493 e. The second kappa shape index (κ2) is 7.28. The Hall–Kier alpha value is -2.34. The van der Waals surface area contributed by atoms with Gasteiger partial charge < -0.3 is 14.2 Å². The molecule has 0 bridgehead atoms. The minimum absolute atomic E-state index is 0.0186. The van der Waals surface area contributed by atoms with Gasteiger partial charge >= 0.3 is 5.97 Å². The topological polar surface area (TPSA) is 62.6 Å². The van der Waals surface area contributed by atoms with Crippen molar-refractivity contribution in [3.8, 4) is 11.4 Å². The van der Waals surface area contributed by atoms with E-state index in [1.54, 1.807) is 10.9 Å². The van der Waals surface area contributed by atoms with E-state index in [2.05, 4.69) is 5.10 Å². The van der Waals surface area contributed by atoms with Gasteiger partial charge in [-0.1, -0.05) is 18.2 Å². The highest BCUT2D eigenvalue weighted by Gasteiger charge is 2.22. The third kappa shape index (κ3) is 3.71. The molecular weight excluding hydrogens is 296 g/mol. The van der Waals surface area contributed by atoms with Gasteiger partial charge in [0.05, 0.1) is 25.1 Å². The maximum Gasteiger partial charge on any atom is 0.362 e. The van der Waals surface area contributed by atoms with Crippen LogP contribution < -0.4 is 4.74 Å². The molecule has 2 heterocycles. The van der Waals surface area contributed by atoms with E-state index in [0.717, 1.165) is 31.6 Å². The Morgan fingerprint density at radius 2 is 2.17 bits per heavy atom. The summed E-state index contributed by atoms with van der Waals surface area (Å²) in [4.78, 5) is 12.3. The van der Waals surface area contributed by atoms with E-state index in [1.807, 2.05) is 30.3 Å². The molecule has 6 nitrogen and oxygen atoms in total. The van der Waals surface area contributed by atoms with Crippen LogP contribution in [0.5, 0.6) is 5.75 Å². The van der Waals surface area contributed by atoms with Crippen LogP contribution in [-0.4, -0.2) is 42.2 Å². The lowest BCUT2D eigenvalue weighted by atomic mass is 10.1. The Kier molecular flexibility index (Phi) is 4.92. The highest BCUT2D eigenvalue weighted by Crippen LogP contribution is 2.21. The first-order chi connectivity index (χ1) is 11.3. The molecule has 1 aliphatic rings. The van der Waals surface area contributed by atoms with E-state index in [-0.39, 0.29) is 18.4 Å². The Morgan fingerprint density at radius 3 is 2.87 bits per heavy atom. The van der Waals surface area contributed by atoms with Crippen LogP contribution in [0, 0.1) is 0 Å². The fourth-order valence-corrected chi connectivity index (χ4v) is 2.54. The largest absolute Gasteiger partial charge is 0.493 e. The van der Waals surface area contributed by atoms with Crippen molar-refractivity contribution in [3.63, 3.8) is 0 Å². The molecule has 1 aromatic carbocycles. The Labute approximate surface area is 135 Å². The number of benzene rings is 1. The summed E-state index contributed by atoms with van der Waals surface area (Å²) in [6, 6.07) is 9.53. The Balaban J connectivity index is 1.70. The Morgan fingerprint density at radius 1 is 1.35 bits per heavy atom. The van der Waals surface area contributed by atoms with E-state index in [1.165, 1.54) is 7.11 Å². The maximum absolute atomic E-state index is 12.3. The molecule has 1 aliphatic heterocycles. The lowest BCUT2D eigenvalue weighted by Gasteiger charge is -2.21. The quantitative estimate of drug-likeness (QED) is 0.794. The van der Waals surface area contributed by atoms with Crippen LogP contribution in [0.4, 0.5) is 0 Å². The van der Waals surface area contributed by atoms with Crippen LogP contribution in [0.3, 0.4) is 0 Å². The van der Waals surface area contributed by atoms with Gasteiger partial charge in [0.1, 0.15) is 6.61 Å². The molecule has 0 N–H and O–H groups in total. The van der Waals surface area contributed by atoms with E-state index in [0.29, 0.717) is 5.75 Å². The number of rotatable bonds is 5. The van der Waals surface area contributed by atoms with Crippen molar-refractivity contribution in [1.82, 2.24) is 9.78 Å². The lowest BCUT2D eigenvalue weighted by molar-refractivity contribution is -0.0303. The average Bonchev–Trinajstić information content (AvgIpc) is 3.06. The van der Waals surface area contributed by atoms with Crippen LogP contribution in [-0.2, 0) is 9.47 Å². The first kappa shape index (κ1) is 15.6. The SMILES string of the molecule is COc1cn(-c2ccccc2)nc1C(=O)OC[C@@H]1CCCCO1. The van der Waals surface area contributed by atoms with Crippen LogP contribution in [0.2, 0.25) is 0 Å². The number of carbonyl (C=O) groups excluding carboxylic acids is 1. The number of hydrogen-bond acceptors (Lipinski definition) is 5. The van der Waals surface area contributed by atoms with Gasteiger partial charge in [0.15, 0.2) is 5.75 Å². The van der Waals surface area contributed by atoms with E-state index in [4.69, 9.17) is 14.2 Å². The summed E-state index contributed by atoms with van der Waals surface area (Å²) >= 11 is 0. The third-order valence-electron chi connectivity index (χ3n) is 3.79. The average molecular weight is 316 g/mol. The highest BCUT2D eigenvalue weighted by molar-refractivity contribution is 5.90. The predicted octanol–water partition coefficient (Wildman–Crippen LogP) is 2.61. The molecule has 0 spiro atoms. The molecule has 0 aliphatic carbocycles. The molecule has 3 rings (SSSR count). The van der Waals surface area contributed by atoms with E-state index in [9.17, 15) is 4.79 Å². The van der Waals surface area contributed by atoms with Crippen molar-refractivity contribution in [2.75, 3.05) is 20.3 Å². The van der Waals surface area contributed by atoms with Crippen molar-refractivity contribution in [2.45, 2.75) is 25.4 Å². The van der Waals surface area contributed by atoms with Gasteiger partial charge in [0.2, 0.25) is 5.69 Å². The molecule has 2 aromatic rings. The molecule has 1 atom stereocenters. The zero-order valence-electron chi connectivity index (χ0n) is 13.1. The summed E-state index contributed by atoms with van der Waals surface area (Å²) in [5.41, 5.74) is 1.02. The molecule has 1 aromatic heterocycles. The van der Waals surface area contributed by atoms with Gasteiger partial charge in [-0.05, 0) is 31.4 Å². The summed E-state index contributed by atoms with van der Waals surface area (Å²) in [6.45, 7) is 0.981. The zero-order chi connectivity index (χ0) is 16.1. The normalized spacial score (nSPS) is 17.7. The number of carbonyl (C=O) groups is 1. The molecule has 0 saturated carbocycles. The van der Waals surface area contributed by atoms with Crippen molar-refractivity contribution in [1.29, 1.82) is 0 Å². The number of para-hydroxylation sites is 1. The van der Waals surface area contributed by atoms with Gasteiger partial charge in [-0.15, -0.1) is 0 Å². The first-order valence-corrected chi connectivity index (χ1v) is 7.75. The van der Waals surface area contributed by atoms with Crippen molar-refractivity contribution < 1.29 is 19.0 Å². The number of nitrogens with zero attached hydrogens (tertiary/aromatic N) is 2. The number of esters is 1. The summed E-state index contributed by atoms with van der Waals surface area (Å²) in [5, 5.41) is 4.29. The second-order valence-corrected chi connectivity index (χ2v) is 5.41. The standard InChI is InChI=1S/C17H20N2O4/c1-21-15-11-19(13-7-3-2-4-8-13)18-16(15)17(20)23-12-14-9-5-6-10-22-14/h2-4,7-8,11,14H,5-6,9-10,12H2,1H3/t14-/m0/s1. The second-order valence-electron chi connectivity index (χ2n) is 5.41. The van der Waals surface area contributed by atoms with Crippen LogP contribution >= 0.6 is 0 Å². The highest BCUT2D eigenvalue weighted by atomic mass is 16.6. The maximum atomic E-state index is 12.3. The third-order valence-corrected chi connectivity index (χ3v) is 3.79. The molecule has 1 saturated heterocycles. The van der Waals surface area contributed by atoms with Crippen molar-refractivity contribution >= 4 is 5.97 Å². The molecule has 23 heavy (non-hydrogen) atoms. The van der Waals surface area contributed by atoms with Gasteiger partial charge in [-0.2, -0.15) is 5.10 Å². The number of ether oxygens (including phenoxy) is 3. The number of aromatic nitrogens is 2. The van der Waals surface area contributed by atoms with E-state index >= 15 is 0 Å². The summed E-state index contributed by atoms with van der Waals surface area (Å²) in [5.74, 6) is -0.103. The van der Waals surface area contributed by atoms with Gasteiger partial charge in [-0.25, -0.2) is 9.48 Å². The fraction of sp³-hybridized carbons (Fsp3) is 0.412. The summed E-state index contributed by atoms with van der Waals surface area (Å²) < 4.78 is 17.7. The van der Waals surface area contributed by atoms with E-state index < -0.39 is 5.97 Å². The summed E-state index contributed by atoms with van der Waals surface area (Å²) in [6.07, 6.45) is 4.75. The monoisotopic (exact) mass is 316 g/mol. The van der Waals surface area contributed by atoms with Gasteiger partial charge in [-0.3, -0.25) is 0 Å². The zero-order valence-corrected chi connectivity index (χ0v) is 13.1. The van der Waals surface area contributed by atoms with Gasteiger partial charge in [0.25, 0.3) is 0 Å². The smallest absolute Gasteiger partial charge is 0.362 e.